The number of aryl methyl sites for hydroxylation is 1. The molecule has 2 heterocycles. The van der Waals surface area contributed by atoms with E-state index < -0.39 is 0 Å². The van der Waals surface area contributed by atoms with Crippen molar-refractivity contribution in [3.05, 3.63) is 58.3 Å². The number of hydrogen-bond donors (Lipinski definition) is 0. The van der Waals surface area contributed by atoms with Crippen LogP contribution in [0.15, 0.2) is 30.0 Å². The molecule has 4 nitrogen and oxygen atoms in total. The number of methoxy groups -OCH3 is 1. The first-order valence-electron chi connectivity index (χ1n) is 10.3. The van der Waals surface area contributed by atoms with Gasteiger partial charge in [-0.3, -0.25) is 4.48 Å². The van der Waals surface area contributed by atoms with Crippen molar-refractivity contribution in [2.45, 2.75) is 47.6 Å². The summed E-state index contributed by atoms with van der Waals surface area (Å²) in [5, 5.41) is 0. The molecule has 0 N–H and O–H groups in total. The molecule has 5 heteroatoms. The molecule has 156 valence electrons. The number of halogens is 1. The number of quaternary nitrogens is 1. The monoisotopic (exact) mass is 399 g/mol. The number of hydrogen-bond acceptors (Lipinski definition) is 3. The number of allylic oxidation sites excluding steroid dienone is 2. The molecule has 1 atom stereocenters. The van der Waals surface area contributed by atoms with Crippen molar-refractivity contribution < 1.29 is 13.9 Å². The fourth-order valence-electron chi connectivity index (χ4n) is 4.28. The molecule has 1 aliphatic heterocycles. The Morgan fingerprint density at radius 3 is 2.34 bits per heavy atom. The van der Waals surface area contributed by atoms with Crippen LogP contribution in [0.2, 0.25) is 0 Å². The van der Waals surface area contributed by atoms with Crippen molar-refractivity contribution in [1.29, 1.82) is 0 Å². The molecule has 0 saturated carbocycles. The first-order valence-corrected chi connectivity index (χ1v) is 10.3. The van der Waals surface area contributed by atoms with Gasteiger partial charge in [0.15, 0.2) is 5.75 Å². The van der Waals surface area contributed by atoms with Crippen LogP contribution in [0.3, 0.4) is 0 Å². The van der Waals surface area contributed by atoms with Crippen LogP contribution in [-0.2, 0) is 11.3 Å². The number of benzene rings is 1. The van der Waals surface area contributed by atoms with E-state index in [9.17, 15) is 4.39 Å². The third-order valence-electron chi connectivity index (χ3n) is 6.15. The van der Waals surface area contributed by atoms with Gasteiger partial charge in [-0.25, -0.2) is 9.37 Å². The highest BCUT2D eigenvalue weighted by Gasteiger charge is 2.46. The van der Waals surface area contributed by atoms with Gasteiger partial charge in [0, 0.05) is 30.9 Å². The summed E-state index contributed by atoms with van der Waals surface area (Å²) in [5.41, 5.74) is 7.69. The predicted molar refractivity (Wildman–Crippen MR) is 116 cm³/mol. The maximum Gasteiger partial charge on any atom is 0.206 e. The Labute approximate surface area is 173 Å². The Kier molecular flexibility index (Phi) is 6.39. The average molecular weight is 400 g/mol. The fraction of sp³-hybridized carbons (Fsp3) is 0.458. The van der Waals surface area contributed by atoms with Gasteiger partial charge in [0.1, 0.15) is 30.4 Å². The molecule has 1 unspecified atom stereocenters. The molecule has 2 aromatic rings. The lowest BCUT2D eigenvalue weighted by Gasteiger charge is -2.36. The summed E-state index contributed by atoms with van der Waals surface area (Å²) in [4.78, 5) is 4.95. The van der Waals surface area contributed by atoms with Crippen molar-refractivity contribution >= 4 is 11.3 Å². The Morgan fingerprint density at radius 2 is 1.72 bits per heavy atom. The van der Waals surface area contributed by atoms with E-state index in [-0.39, 0.29) is 5.82 Å². The number of rotatable bonds is 8. The van der Waals surface area contributed by atoms with Crippen LogP contribution in [0.25, 0.3) is 5.57 Å². The summed E-state index contributed by atoms with van der Waals surface area (Å²) in [6.45, 7) is 13.5. The summed E-state index contributed by atoms with van der Waals surface area (Å²) in [7, 11) is 1.75. The van der Waals surface area contributed by atoms with Crippen molar-refractivity contribution in [1.82, 2.24) is 9.47 Å². The zero-order chi connectivity index (χ0) is 21.2. The van der Waals surface area contributed by atoms with Crippen molar-refractivity contribution in [2.75, 3.05) is 26.8 Å². The first kappa shape index (κ1) is 21.5. The van der Waals surface area contributed by atoms with Crippen LogP contribution in [0, 0.1) is 19.7 Å². The van der Waals surface area contributed by atoms with Gasteiger partial charge in [-0.05, 0) is 44.9 Å². The molecule has 1 aliphatic rings. The van der Waals surface area contributed by atoms with Crippen LogP contribution in [0.1, 0.15) is 49.7 Å². The Morgan fingerprint density at radius 1 is 1.03 bits per heavy atom. The van der Waals surface area contributed by atoms with Gasteiger partial charge in [-0.1, -0.05) is 19.1 Å². The lowest BCUT2D eigenvalue weighted by atomic mass is 10.1. The lowest BCUT2D eigenvalue weighted by Crippen LogP contribution is -2.49. The normalized spacial score (nSPS) is 18.3. The quantitative estimate of drug-likeness (QED) is 0.546. The van der Waals surface area contributed by atoms with E-state index in [1.807, 2.05) is 6.92 Å². The van der Waals surface area contributed by atoms with Crippen molar-refractivity contribution in [2.24, 2.45) is 0 Å². The highest BCUT2D eigenvalue weighted by Crippen LogP contribution is 2.51. The van der Waals surface area contributed by atoms with Gasteiger partial charge < -0.3 is 9.47 Å². The van der Waals surface area contributed by atoms with E-state index in [0.29, 0.717) is 13.2 Å². The number of ether oxygens (including phenoxy) is 2. The highest BCUT2D eigenvalue weighted by molar-refractivity contribution is 5.86. The van der Waals surface area contributed by atoms with E-state index in [1.165, 1.54) is 23.4 Å². The molecule has 0 fully saturated rings. The topological polar surface area (TPSA) is 31.4 Å². The molecular formula is C24H32FN2O2+. The number of nitrogens with zero attached hydrogens (tertiary/aromatic N) is 2. The summed E-state index contributed by atoms with van der Waals surface area (Å²) in [6.07, 6.45) is 1.04. The van der Waals surface area contributed by atoms with E-state index in [4.69, 9.17) is 14.5 Å². The van der Waals surface area contributed by atoms with E-state index in [1.54, 1.807) is 19.2 Å². The molecule has 0 saturated heterocycles. The molecule has 0 bridgehead atoms. The summed E-state index contributed by atoms with van der Waals surface area (Å²) in [5.74, 6) is 0.664. The number of aromatic nitrogens is 1. The summed E-state index contributed by atoms with van der Waals surface area (Å²) < 4.78 is 25.9. The molecule has 0 aliphatic carbocycles. The fourth-order valence-corrected chi connectivity index (χ4v) is 4.28. The lowest BCUT2D eigenvalue weighted by molar-refractivity contribution is 0.164. The van der Waals surface area contributed by atoms with E-state index >= 15 is 0 Å². The van der Waals surface area contributed by atoms with E-state index in [0.717, 1.165) is 57.9 Å². The molecule has 0 radical (unpaired) electrons. The van der Waals surface area contributed by atoms with Crippen LogP contribution in [0.4, 0.5) is 10.1 Å². The number of pyridine rings is 1. The van der Waals surface area contributed by atoms with Gasteiger partial charge in [0.25, 0.3) is 0 Å². The summed E-state index contributed by atoms with van der Waals surface area (Å²) in [6, 6.07) is 6.48. The Bertz CT molecular complexity index is 921. The minimum absolute atomic E-state index is 0.237. The van der Waals surface area contributed by atoms with Gasteiger partial charge >= 0.3 is 0 Å². The molecule has 3 rings (SSSR count). The zero-order valence-corrected chi connectivity index (χ0v) is 18.4. The molecule has 0 amide bonds. The molecule has 29 heavy (non-hydrogen) atoms. The summed E-state index contributed by atoms with van der Waals surface area (Å²) >= 11 is 0. The largest absolute Gasteiger partial charge is 0.482 e. The third-order valence-corrected chi connectivity index (χ3v) is 6.15. The van der Waals surface area contributed by atoms with Gasteiger partial charge in [-0.2, -0.15) is 0 Å². The van der Waals surface area contributed by atoms with Crippen LogP contribution in [-0.4, -0.2) is 31.8 Å². The smallest absolute Gasteiger partial charge is 0.206 e. The molecule has 1 aromatic heterocycles. The van der Waals surface area contributed by atoms with Gasteiger partial charge in [0.2, 0.25) is 5.69 Å². The maximum atomic E-state index is 13.3. The minimum Gasteiger partial charge on any atom is -0.482 e. The second-order valence-corrected chi connectivity index (χ2v) is 7.88. The molecule has 1 aromatic carbocycles. The second kappa shape index (κ2) is 8.64. The van der Waals surface area contributed by atoms with E-state index in [2.05, 4.69) is 27.7 Å². The Balaban J connectivity index is 2.11. The SMILES string of the molecule is CCC[N+]1(CCOC)C(C)=C(C)c2nc(C)c(C)c(OCc3ccc(F)cc3)c21. The predicted octanol–water partition coefficient (Wildman–Crippen LogP) is 5.54. The average Bonchev–Trinajstić information content (AvgIpc) is 2.90. The van der Waals surface area contributed by atoms with Crippen molar-refractivity contribution in [3.8, 4) is 5.75 Å². The van der Waals surface area contributed by atoms with Gasteiger partial charge in [0.05, 0.1) is 13.2 Å². The number of fused-ring (bicyclic) bond motifs is 1. The highest BCUT2D eigenvalue weighted by atomic mass is 19.1. The van der Waals surface area contributed by atoms with Crippen LogP contribution < -0.4 is 9.22 Å². The maximum absolute atomic E-state index is 13.3. The zero-order valence-electron chi connectivity index (χ0n) is 18.4. The van der Waals surface area contributed by atoms with Crippen LogP contribution in [0.5, 0.6) is 5.75 Å². The molecule has 0 spiro atoms. The third kappa shape index (κ3) is 3.81. The van der Waals surface area contributed by atoms with Gasteiger partial charge in [-0.15, -0.1) is 0 Å². The van der Waals surface area contributed by atoms with Crippen LogP contribution >= 0.6 is 0 Å². The van der Waals surface area contributed by atoms with Crippen molar-refractivity contribution in [3.63, 3.8) is 0 Å². The first-order chi connectivity index (χ1) is 13.9. The second-order valence-electron chi connectivity index (χ2n) is 7.88. The Hall–Kier alpha value is -2.24. The minimum atomic E-state index is -0.237. The molecular weight excluding hydrogens is 367 g/mol. The standard InChI is InChI=1S/C24H32FN2O2/c1-7-12-27(13-14-28-6)19(5)17(3)22-23(27)24(16(2)18(4)26-22)29-15-20-8-10-21(25)11-9-20/h8-11H,7,12-15H2,1-6H3/q+1.